The first-order valence-corrected chi connectivity index (χ1v) is 5.52. The summed E-state index contributed by atoms with van der Waals surface area (Å²) in [4.78, 5) is 10.7. The maximum Gasteiger partial charge on any atom is 0.302 e. The fourth-order valence-electron chi connectivity index (χ4n) is 1.33. The zero-order valence-corrected chi connectivity index (χ0v) is 9.58. The summed E-state index contributed by atoms with van der Waals surface area (Å²) < 4.78 is 5.14. The van der Waals surface area contributed by atoms with Gasteiger partial charge in [-0.2, -0.15) is 0 Å². The van der Waals surface area contributed by atoms with Crippen molar-refractivity contribution >= 4 is 5.97 Å². The Kier molecular flexibility index (Phi) is 8.30. The van der Waals surface area contributed by atoms with E-state index in [0.717, 1.165) is 32.1 Å². The minimum Gasteiger partial charge on any atom is -0.463 e. The van der Waals surface area contributed by atoms with E-state index in [1.165, 1.54) is 6.92 Å². The number of carbonyl (C=O) groups excluding carboxylic acids is 1. The fraction of sp³-hybridized carbons (Fsp3) is 0.750. The molecule has 0 fully saturated rings. The van der Waals surface area contributed by atoms with E-state index in [0.29, 0.717) is 0 Å². The predicted molar refractivity (Wildman–Crippen MR) is 59.1 cm³/mol. The minimum atomic E-state index is -0.166. The molecular weight excluding hydrogens is 176 g/mol. The van der Waals surface area contributed by atoms with Crippen LogP contribution in [0.4, 0.5) is 0 Å². The first-order valence-electron chi connectivity index (χ1n) is 5.52. The van der Waals surface area contributed by atoms with Gasteiger partial charge in [-0.1, -0.05) is 26.0 Å². The van der Waals surface area contributed by atoms with Gasteiger partial charge in [0.2, 0.25) is 0 Å². The van der Waals surface area contributed by atoms with Gasteiger partial charge in [0.25, 0.3) is 0 Å². The molecule has 0 aliphatic rings. The van der Waals surface area contributed by atoms with Crippen molar-refractivity contribution in [3.63, 3.8) is 0 Å². The van der Waals surface area contributed by atoms with Gasteiger partial charge in [0, 0.05) is 6.92 Å². The highest BCUT2D eigenvalue weighted by Crippen LogP contribution is 2.09. The van der Waals surface area contributed by atoms with Crippen LogP contribution >= 0.6 is 0 Å². The third kappa shape index (κ3) is 7.84. The molecule has 2 nitrogen and oxygen atoms in total. The molecule has 0 aromatic carbocycles. The van der Waals surface area contributed by atoms with Crippen LogP contribution in [0.2, 0.25) is 0 Å². The summed E-state index contributed by atoms with van der Waals surface area (Å²) >= 11 is 0. The van der Waals surface area contributed by atoms with Crippen molar-refractivity contribution in [2.24, 2.45) is 0 Å². The third-order valence-electron chi connectivity index (χ3n) is 2.09. The van der Waals surface area contributed by atoms with E-state index in [-0.39, 0.29) is 12.1 Å². The molecule has 0 N–H and O–H groups in total. The molecule has 1 atom stereocenters. The van der Waals surface area contributed by atoms with Gasteiger partial charge in [0.05, 0.1) is 0 Å². The summed E-state index contributed by atoms with van der Waals surface area (Å²) in [5, 5.41) is 0. The highest BCUT2D eigenvalue weighted by molar-refractivity contribution is 5.66. The summed E-state index contributed by atoms with van der Waals surface area (Å²) in [6.45, 7) is 5.65. The Labute approximate surface area is 87.3 Å². The topological polar surface area (TPSA) is 26.3 Å². The average Bonchev–Trinajstić information content (AvgIpc) is 2.15. The van der Waals surface area contributed by atoms with E-state index >= 15 is 0 Å². The number of allylic oxidation sites excluding steroid dienone is 2. The zero-order chi connectivity index (χ0) is 10.8. The van der Waals surface area contributed by atoms with Crippen molar-refractivity contribution in [2.75, 3.05) is 0 Å². The molecule has 2 heteroatoms. The first kappa shape index (κ1) is 13.2. The quantitative estimate of drug-likeness (QED) is 0.356. The van der Waals surface area contributed by atoms with Gasteiger partial charge in [-0.25, -0.2) is 0 Å². The first-order chi connectivity index (χ1) is 6.70. The molecule has 0 rings (SSSR count). The van der Waals surface area contributed by atoms with Crippen molar-refractivity contribution in [3.05, 3.63) is 12.2 Å². The van der Waals surface area contributed by atoms with Crippen LogP contribution in [0.15, 0.2) is 12.2 Å². The Balaban J connectivity index is 3.52. The number of hydrogen-bond donors (Lipinski definition) is 0. The monoisotopic (exact) mass is 198 g/mol. The van der Waals surface area contributed by atoms with Crippen molar-refractivity contribution in [3.8, 4) is 0 Å². The Morgan fingerprint density at radius 3 is 2.57 bits per heavy atom. The minimum absolute atomic E-state index is 0.113. The highest BCUT2D eigenvalue weighted by Gasteiger charge is 2.07. The second-order valence-corrected chi connectivity index (χ2v) is 3.45. The number of rotatable bonds is 7. The summed E-state index contributed by atoms with van der Waals surface area (Å²) in [6, 6.07) is 0. The molecule has 0 aliphatic carbocycles. The van der Waals surface area contributed by atoms with E-state index in [1.54, 1.807) is 0 Å². The zero-order valence-electron chi connectivity index (χ0n) is 9.58. The molecule has 0 aromatic heterocycles. The second kappa shape index (κ2) is 8.79. The van der Waals surface area contributed by atoms with Crippen LogP contribution in [-0.4, -0.2) is 12.1 Å². The molecule has 0 saturated carbocycles. The smallest absolute Gasteiger partial charge is 0.302 e. The average molecular weight is 198 g/mol. The number of esters is 1. The number of unbranched alkanes of at least 4 members (excludes halogenated alkanes) is 1. The highest BCUT2D eigenvalue weighted by atomic mass is 16.5. The summed E-state index contributed by atoms with van der Waals surface area (Å²) in [7, 11) is 0. The van der Waals surface area contributed by atoms with Gasteiger partial charge in [-0.15, -0.1) is 0 Å². The lowest BCUT2D eigenvalue weighted by atomic mass is 10.1. The molecule has 0 heterocycles. The molecular formula is C12H22O2. The van der Waals surface area contributed by atoms with Crippen molar-refractivity contribution in [2.45, 2.75) is 59.0 Å². The van der Waals surface area contributed by atoms with Crippen LogP contribution in [0, 0.1) is 0 Å². The lowest BCUT2D eigenvalue weighted by Gasteiger charge is -2.13. The molecule has 1 unspecified atom stereocenters. The van der Waals surface area contributed by atoms with E-state index < -0.39 is 0 Å². The molecule has 82 valence electrons. The Bertz CT molecular complexity index is 173. The van der Waals surface area contributed by atoms with E-state index in [1.807, 2.05) is 0 Å². The van der Waals surface area contributed by atoms with Crippen LogP contribution in [0.5, 0.6) is 0 Å². The van der Waals surface area contributed by atoms with Crippen LogP contribution in [-0.2, 0) is 9.53 Å². The standard InChI is InChI=1S/C12H22O2/c1-4-6-7-8-9-10-12(5-2)14-11(3)13/h6-7,12H,4-5,8-10H2,1-3H3/b7-6+. The molecule has 0 amide bonds. The number of ether oxygens (including phenoxy) is 1. The van der Waals surface area contributed by atoms with Crippen molar-refractivity contribution in [1.82, 2.24) is 0 Å². The maximum absolute atomic E-state index is 10.7. The van der Waals surface area contributed by atoms with E-state index in [9.17, 15) is 4.79 Å². The second-order valence-electron chi connectivity index (χ2n) is 3.45. The molecule has 0 aliphatic heterocycles. The summed E-state index contributed by atoms with van der Waals surface area (Å²) in [5.74, 6) is -0.166. The molecule has 0 spiro atoms. The van der Waals surface area contributed by atoms with Gasteiger partial charge in [-0.3, -0.25) is 4.79 Å². The van der Waals surface area contributed by atoms with Crippen molar-refractivity contribution < 1.29 is 9.53 Å². The van der Waals surface area contributed by atoms with Crippen LogP contribution in [0.1, 0.15) is 52.9 Å². The van der Waals surface area contributed by atoms with Crippen molar-refractivity contribution in [1.29, 1.82) is 0 Å². The van der Waals surface area contributed by atoms with E-state index in [4.69, 9.17) is 4.74 Å². The normalized spacial score (nSPS) is 13.1. The fourth-order valence-corrected chi connectivity index (χ4v) is 1.33. The van der Waals surface area contributed by atoms with Gasteiger partial charge in [0.15, 0.2) is 0 Å². The molecule has 0 radical (unpaired) electrons. The Morgan fingerprint density at radius 1 is 1.36 bits per heavy atom. The lowest BCUT2D eigenvalue weighted by Crippen LogP contribution is -2.14. The van der Waals surface area contributed by atoms with E-state index in [2.05, 4.69) is 26.0 Å². The molecule has 0 bridgehead atoms. The van der Waals surface area contributed by atoms with Crippen LogP contribution in [0.25, 0.3) is 0 Å². The number of carbonyl (C=O) groups is 1. The van der Waals surface area contributed by atoms with Gasteiger partial charge in [0.1, 0.15) is 6.10 Å². The lowest BCUT2D eigenvalue weighted by molar-refractivity contribution is -0.146. The molecule has 14 heavy (non-hydrogen) atoms. The number of hydrogen-bond acceptors (Lipinski definition) is 2. The SMILES string of the molecule is CC/C=C/CCCC(CC)OC(C)=O. The van der Waals surface area contributed by atoms with Crippen LogP contribution < -0.4 is 0 Å². The third-order valence-corrected chi connectivity index (χ3v) is 2.09. The predicted octanol–water partition coefficient (Wildman–Crippen LogP) is 3.46. The van der Waals surface area contributed by atoms with Gasteiger partial charge < -0.3 is 4.74 Å². The van der Waals surface area contributed by atoms with Gasteiger partial charge in [-0.05, 0) is 32.1 Å². The Hall–Kier alpha value is -0.790. The maximum atomic E-state index is 10.7. The molecule has 0 saturated heterocycles. The largest absolute Gasteiger partial charge is 0.463 e. The molecule has 0 aromatic rings. The summed E-state index contributed by atoms with van der Waals surface area (Å²) in [6.07, 6.45) is 9.66. The van der Waals surface area contributed by atoms with Gasteiger partial charge >= 0.3 is 5.97 Å². The summed E-state index contributed by atoms with van der Waals surface area (Å²) in [5.41, 5.74) is 0. The van der Waals surface area contributed by atoms with Crippen LogP contribution in [0.3, 0.4) is 0 Å². The Morgan fingerprint density at radius 2 is 2.07 bits per heavy atom.